The SMILES string of the molecule is C.C=C1C[C@H](OC(C)C)C[C@@H](CC[C@@H]2[C@@H]3C(=C[C@H](C)C[C@@H]3OC(=O)C(C)(C)CC)C=C[C@@H]2C)O1.CC(C)O.CC(C)OC1O[C@@H]2O[C@]3(C)CC[C@H]4[C@H](C)CC[C@@](C)([C@H]1C)[C@@]24OO3.COc1ccc(C[C@H](NC(C)C)C(=O)NC2C(CO)OC(n3cnc4c(N(C)C)ncnc43)C2O)cc1.COc1cccc2c1C(=O)c1c(O)c3c(c(O)c1C2=O)C[C@@](O)(C(=O)CO)C[C@@H]3O[C@H]1C[C@H](CC(C)C)[C@@H](O)[C@H](C)O1.O.[Cl][Pt+2][Cl].[NH2-].[NH2-]. The zero-order valence-electron chi connectivity index (χ0n) is 89.1. The predicted octanol–water partition coefficient (Wildman–Crippen LogP) is 16.6. The van der Waals surface area contributed by atoms with Crippen molar-refractivity contribution in [1.82, 2.24) is 30.2 Å². The fourth-order valence-electron chi connectivity index (χ4n) is 22.5. The summed E-state index contributed by atoms with van der Waals surface area (Å²) in [6.07, 6.45) is 13.2. The molecule has 1 amide bonds. The van der Waals surface area contributed by atoms with E-state index in [1.165, 1.54) is 50.0 Å². The molecule has 1 spiro atoms. The smallest absolute Gasteiger partial charge is 0.693 e. The molecule has 7 aliphatic heterocycles. The normalized spacial score (nSPS) is 31.3. The Morgan fingerprint density at radius 3 is 2.08 bits per heavy atom. The van der Waals surface area contributed by atoms with Crippen LogP contribution in [0.4, 0.5) is 5.82 Å². The molecule has 5 aromatic rings. The number of benzene rings is 3. The van der Waals surface area contributed by atoms with Gasteiger partial charge in [0.15, 0.2) is 59.2 Å². The van der Waals surface area contributed by atoms with E-state index in [4.69, 9.17) is 85.8 Å². The minimum Gasteiger partial charge on any atom is -0.693 e. The molecule has 12 aliphatic rings. The fourth-order valence-corrected chi connectivity index (χ4v) is 22.5. The van der Waals surface area contributed by atoms with Crippen molar-refractivity contribution in [3.05, 3.63) is 143 Å². The van der Waals surface area contributed by atoms with Gasteiger partial charge >= 0.3 is 41.3 Å². The predicted molar refractivity (Wildman–Crippen MR) is 555 cm³/mol. The van der Waals surface area contributed by atoms with E-state index in [0.717, 1.165) is 74.9 Å². The molecule has 5 unspecified atom stereocenters. The summed E-state index contributed by atoms with van der Waals surface area (Å²) in [5.41, 5.74) is -1.20. The van der Waals surface area contributed by atoms with Crippen molar-refractivity contribution in [2.75, 3.05) is 46.4 Å². The number of aliphatic hydroxyl groups is 6. The minimum atomic E-state index is -2.22. The summed E-state index contributed by atoms with van der Waals surface area (Å²) < 4.78 is 67.6. The van der Waals surface area contributed by atoms with Crippen LogP contribution >= 0.6 is 18.8 Å². The Morgan fingerprint density at radius 1 is 0.816 bits per heavy atom. The number of nitrogens with one attached hydrogen (secondary N) is 2. The van der Waals surface area contributed by atoms with Crippen LogP contribution in [0.3, 0.4) is 0 Å². The summed E-state index contributed by atoms with van der Waals surface area (Å²) in [7, 11) is 16.4. The van der Waals surface area contributed by atoms with E-state index >= 15 is 0 Å². The third-order valence-electron chi connectivity index (χ3n) is 30.2. The summed E-state index contributed by atoms with van der Waals surface area (Å²) in [6.45, 7) is 43.5. The van der Waals surface area contributed by atoms with Gasteiger partial charge < -0.3 is 126 Å². The molecule has 830 valence electrons. The first-order valence-corrected chi connectivity index (χ1v) is 56.2. The number of esters is 1. The number of imidazole rings is 1. The maximum atomic E-state index is 13.8. The number of aromatic hydroxyl groups is 2. The number of nitrogens with zero attached hydrogens (tertiary/aromatic N) is 5. The number of rotatable bonds is 27. The molecule has 17 rings (SSSR count). The van der Waals surface area contributed by atoms with Crippen LogP contribution in [0.15, 0.2) is 91.3 Å². The summed E-state index contributed by atoms with van der Waals surface area (Å²) in [6, 6.07) is 10.6. The number of aliphatic hydroxyl groups excluding tert-OH is 5. The number of aromatic nitrogens is 4. The first kappa shape index (κ1) is 127. The van der Waals surface area contributed by atoms with Crippen molar-refractivity contribution < 1.29 is 149 Å². The van der Waals surface area contributed by atoms with Gasteiger partial charge in [-0.05, 0) is 198 Å². The molecule has 9 heterocycles. The van der Waals surface area contributed by atoms with Crippen LogP contribution in [0.1, 0.15) is 290 Å². The Kier molecular flexibility index (Phi) is 46.5. The monoisotopic (exact) mass is 2290 g/mol. The zero-order valence-corrected chi connectivity index (χ0v) is 92.9. The van der Waals surface area contributed by atoms with E-state index in [2.05, 4.69) is 120 Å². The number of phenolic OH excluding ortho intramolecular Hbond substituents is 2. The van der Waals surface area contributed by atoms with Gasteiger partial charge in [-0.2, -0.15) is 0 Å². The van der Waals surface area contributed by atoms with Crippen LogP contribution in [0, 0.1) is 64.1 Å². The topological polar surface area (TPSA) is 537 Å². The van der Waals surface area contributed by atoms with Crippen LogP contribution in [0.25, 0.3) is 23.5 Å². The molecule has 3 aromatic carbocycles. The molecule has 5 aliphatic carbocycles. The number of nitrogens with two attached hydrogens (primary N) is 2. The van der Waals surface area contributed by atoms with Gasteiger partial charge in [-0.1, -0.05) is 126 Å². The molecule has 8 fully saturated rings. The maximum absolute atomic E-state index is 13.8. The first-order valence-electron chi connectivity index (χ1n) is 50.6. The van der Waals surface area contributed by atoms with Crippen LogP contribution < -0.4 is 25.0 Å². The van der Waals surface area contributed by atoms with Gasteiger partial charge in [0.1, 0.15) is 65.9 Å². The summed E-state index contributed by atoms with van der Waals surface area (Å²) in [4.78, 5) is 93.4. The third kappa shape index (κ3) is 28.5. The summed E-state index contributed by atoms with van der Waals surface area (Å²) in [5, 5.41) is 90.3. The van der Waals surface area contributed by atoms with E-state index < -0.39 is 160 Å². The van der Waals surface area contributed by atoms with Crippen molar-refractivity contribution in [3.63, 3.8) is 0 Å². The second kappa shape index (κ2) is 54.0. The van der Waals surface area contributed by atoms with Gasteiger partial charge in [0.25, 0.3) is 0 Å². The number of halogens is 2. The summed E-state index contributed by atoms with van der Waals surface area (Å²) in [5.74, 6) is 0.282. The number of carbonyl (C=O) groups excluding carboxylic acids is 5. The van der Waals surface area contributed by atoms with Gasteiger partial charge in [0.05, 0.1) is 104 Å². The van der Waals surface area contributed by atoms with Crippen LogP contribution in [0.5, 0.6) is 23.0 Å². The molecule has 26 atom stereocenters. The van der Waals surface area contributed by atoms with Crippen molar-refractivity contribution in [3.8, 4) is 23.0 Å². The van der Waals surface area contributed by atoms with Gasteiger partial charge in [-0.3, -0.25) is 28.5 Å². The standard InChI is InChI=1S/C31H36O11.C29H46O4.C25H35N7O5.C19H32O5.C3H8O.CH4.2ClH.2H2N.H2O.Pt/c1-13(2)8-15-9-21(41-14(3)26(15)34)42-19-11-31(39,20(33)12-32)10-17-23(19)30(38)25-24(28(17)36)27(35)16-6-5-7-18(40-4)22(16)29(25)37;1-9-29(7,8)28(30)33-26-15-19(4)14-22-11-10-20(5)25(27(22)26)13-12-23-17-24(31-18(2)3)16-21(6)32-23;1-14(2)29-17(10-15-6-8-16(36-5)9-7-15)24(35)30-19-18(11-33)37-25(21(19)34)32-13-28-20-22(31(3)4)26-12-27-23(20)32;1-11(2)20-15-13(4)17(5)9-7-12(3)14-8-10-18(6)22-16(21-15)19(14,17)24-23-18;1-3(2)4;;;;;;;/h5-7,13-15,19,21,26,32,34,36,38-39H,8-12H2,1-4H3;10-11,14,18-20,23-27H,6,9,12-13,15-17H2,1-5,7-8H3;6-9,12-14,17-19,21,25,29,33-34H,10-11H2,1-5H3,(H,30,35);11-16H,7-10H2,1-6H3;3-4H,1-2H3;1H4;2*1H;3*1H2;/q;;;;;;;;2*-1;;+4/p-2/t14-,15-,19-,21-,26-,31-;19-,20-,23+,24-,25-,26-,27-;17-,18?,19?,21?,25?;12-,13+,14+,15?,16-,17+,18+,19+;;;;;;;;/m0001......../s1. The average Bonchev–Trinajstić information content (AvgIpc) is 1.62. The Morgan fingerprint density at radius 2 is 1.48 bits per heavy atom. The molecule has 1 saturated carbocycles. The molecular formula is C108H167Cl2N9O27Pt. The molecule has 16 N–H and O–H groups in total. The van der Waals surface area contributed by atoms with E-state index in [-0.39, 0.29) is 156 Å². The number of amides is 1. The number of phenols is 2. The molecule has 2 aromatic heterocycles. The number of hydrogen-bond donors (Lipinski definition) is 10. The van der Waals surface area contributed by atoms with Gasteiger partial charge in [-0.15, -0.1) is 0 Å². The number of hydrogen-bond acceptors (Lipinski definition) is 31. The minimum absolute atomic E-state index is 0. The Bertz CT molecular complexity index is 5240. The quantitative estimate of drug-likeness (QED) is 0.0130. The number of methoxy groups -OCH3 is 2. The molecule has 0 radical (unpaired) electrons. The van der Waals surface area contributed by atoms with E-state index in [1.54, 1.807) is 32.4 Å². The number of carbonyl (C=O) groups is 5. The average molecular weight is 2290 g/mol. The molecule has 39 heteroatoms. The number of Topliss-reactive ketones (excluding diaryl/α,β-unsaturated/α-hetero) is 1. The van der Waals surface area contributed by atoms with E-state index in [1.807, 2.05) is 91.7 Å². The fraction of sp³-hybridized carbons (Fsp3) is 0.685. The third-order valence-corrected chi connectivity index (χ3v) is 30.2. The number of ether oxygens (including phenoxy) is 11. The van der Waals surface area contributed by atoms with Crippen molar-refractivity contribution >= 4 is 65.0 Å². The molecular weight excluding hydrogens is 2120 g/mol. The number of ketones is 3. The summed E-state index contributed by atoms with van der Waals surface area (Å²) >= 11 is -0.472. The largest absolute Gasteiger partial charge is 0.693 e. The van der Waals surface area contributed by atoms with Gasteiger partial charge in [-0.25, -0.2) is 24.7 Å². The zero-order chi connectivity index (χ0) is 105. The Labute approximate surface area is 884 Å². The van der Waals surface area contributed by atoms with E-state index in [9.17, 15) is 59.7 Å². The molecule has 36 nitrogen and oxygen atoms in total. The van der Waals surface area contributed by atoms with Crippen molar-refractivity contribution in [1.29, 1.82) is 0 Å². The Hall–Kier alpha value is -7.31. The second-order valence-corrected chi connectivity index (χ2v) is 46.6. The second-order valence-electron chi connectivity index (χ2n) is 43.3. The van der Waals surface area contributed by atoms with Crippen LogP contribution in [-0.4, -0.2) is 252 Å². The Balaban J connectivity index is 0.000000261. The molecule has 147 heavy (non-hydrogen) atoms. The van der Waals surface area contributed by atoms with Crippen LogP contribution in [0.2, 0.25) is 0 Å². The first-order chi connectivity index (χ1) is 67.4. The number of allylic oxidation sites excluding steroid dienone is 3. The van der Waals surface area contributed by atoms with Gasteiger partial charge in [0, 0.05) is 98.7 Å². The molecule has 7 saturated heterocycles. The van der Waals surface area contributed by atoms with Crippen LogP contribution in [-0.2, 0) is 96.1 Å². The molecule has 2 bridgehead atoms. The number of anilines is 1. The maximum Gasteiger partial charge on any atom is -0.693 e. The van der Waals surface area contributed by atoms with Crippen molar-refractivity contribution in [2.45, 2.75) is 370 Å². The van der Waals surface area contributed by atoms with E-state index in [0.29, 0.717) is 59.4 Å². The van der Waals surface area contributed by atoms with Crippen molar-refractivity contribution in [2.24, 2.45) is 64.1 Å². The van der Waals surface area contributed by atoms with Gasteiger partial charge in [0.2, 0.25) is 17.5 Å². The number of fused-ring (bicyclic) bond motifs is 7.